The van der Waals surface area contributed by atoms with E-state index in [1.165, 1.54) is 0 Å². The van der Waals surface area contributed by atoms with Crippen LogP contribution in [-0.4, -0.2) is 12.6 Å². The van der Waals surface area contributed by atoms with Crippen LogP contribution in [-0.2, 0) is 9.53 Å². The summed E-state index contributed by atoms with van der Waals surface area (Å²) < 4.78 is 4.81. The zero-order chi connectivity index (χ0) is 12.7. The highest BCUT2D eigenvalue weighted by Gasteiger charge is 2.01. The van der Waals surface area contributed by atoms with E-state index < -0.39 is 0 Å². The van der Waals surface area contributed by atoms with Gasteiger partial charge in [0, 0.05) is 0 Å². The summed E-state index contributed by atoms with van der Waals surface area (Å²) in [6.45, 7) is 4.07. The number of ether oxygens (including phenoxy) is 1. The number of benzene rings is 1. The molecular formula is C14H15NO2. The van der Waals surface area contributed by atoms with E-state index in [2.05, 4.69) is 6.07 Å². The molecular weight excluding hydrogens is 214 g/mol. The van der Waals surface area contributed by atoms with Crippen molar-refractivity contribution in [1.29, 1.82) is 5.26 Å². The molecule has 0 amide bonds. The third-order valence-corrected chi connectivity index (χ3v) is 2.38. The van der Waals surface area contributed by atoms with Gasteiger partial charge < -0.3 is 4.74 Å². The molecule has 1 aromatic rings. The molecule has 0 atom stereocenters. The number of rotatable bonds is 4. The normalized spacial score (nSPS) is 10.2. The highest BCUT2D eigenvalue weighted by molar-refractivity contribution is 5.73. The summed E-state index contributed by atoms with van der Waals surface area (Å²) in [5, 5.41) is 8.88. The van der Waals surface area contributed by atoms with Crippen LogP contribution in [0.15, 0.2) is 24.3 Å². The number of esters is 1. The quantitative estimate of drug-likeness (QED) is 0.746. The molecule has 1 rings (SSSR count). The van der Waals surface area contributed by atoms with E-state index in [0.717, 1.165) is 11.1 Å². The Kier molecular flexibility index (Phi) is 4.96. The second kappa shape index (κ2) is 6.49. The van der Waals surface area contributed by atoms with Crippen molar-refractivity contribution in [3.05, 3.63) is 41.0 Å². The van der Waals surface area contributed by atoms with E-state index in [1.54, 1.807) is 19.1 Å². The van der Waals surface area contributed by atoms with Gasteiger partial charge in [0.2, 0.25) is 0 Å². The van der Waals surface area contributed by atoms with Gasteiger partial charge in [0.15, 0.2) is 0 Å². The smallest absolute Gasteiger partial charge is 0.309 e. The van der Waals surface area contributed by atoms with Gasteiger partial charge in [-0.15, -0.1) is 0 Å². The molecule has 3 nitrogen and oxygen atoms in total. The van der Waals surface area contributed by atoms with Crippen molar-refractivity contribution in [3.8, 4) is 6.07 Å². The fourth-order valence-electron chi connectivity index (χ4n) is 1.46. The Labute approximate surface area is 101 Å². The predicted molar refractivity (Wildman–Crippen MR) is 66.2 cm³/mol. The number of nitriles is 1. The number of nitrogens with zero attached hydrogens (tertiary/aromatic N) is 1. The van der Waals surface area contributed by atoms with Crippen molar-refractivity contribution in [2.45, 2.75) is 20.3 Å². The van der Waals surface area contributed by atoms with Crippen molar-refractivity contribution < 1.29 is 9.53 Å². The van der Waals surface area contributed by atoms with E-state index in [-0.39, 0.29) is 12.4 Å². The van der Waals surface area contributed by atoms with Crippen LogP contribution in [0.2, 0.25) is 0 Å². The van der Waals surface area contributed by atoms with Crippen LogP contribution in [0.1, 0.15) is 30.0 Å². The first-order valence-corrected chi connectivity index (χ1v) is 5.51. The summed E-state index contributed by atoms with van der Waals surface area (Å²) in [5.41, 5.74) is 2.53. The number of carbonyl (C=O) groups is 1. The topological polar surface area (TPSA) is 50.1 Å². The summed E-state index contributed by atoms with van der Waals surface area (Å²) in [7, 11) is 0. The molecule has 0 fully saturated rings. The second-order valence-corrected chi connectivity index (χ2v) is 3.54. The number of carbonyl (C=O) groups excluding carboxylic acids is 1. The van der Waals surface area contributed by atoms with E-state index in [4.69, 9.17) is 10.00 Å². The highest BCUT2D eigenvalue weighted by Crippen LogP contribution is 2.14. The summed E-state index contributed by atoms with van der Waals surface area (Å²) in [6.07, 6.45) is 3.85. The largest absolute Gasteiger partial charge is 0.466 e. The van der Waals surface area contributed by atoms with Crippen LogP contribution < -0.4 is 0 Å². The molecule has 0 radical (unpaired) electrons. The van der Waals surface area contributed by atoms with Gasteiger partial charge in [-0.2, -0.15) is 5.26 Å². The molecule has 17 heavy (non-hydrogen) atoms. The van der Waals surface area contributed by atoms with Gasteiger partial charge in [-0.1, -0.05) is 24.3 Å². The van der Waals surface area contributed by atoms with Gasteiger partial charge in [0.25, 0.3) is 0 Å². The van der Waals surface area contributed by atoms with Crippen LogP contribution in [0.4, 0.5) is 0 Å². The van der Waals surface area contributed by atoms with Crippen molar-refractivity contribution in [2.75, 3.05) is 6.61 Å². The monoisotopic (exact) mass is 229 g/mol. The molecule has 0 N–H and O–H groups in total. The first-order chi connectivity index (χ1) is 8.19. The summed E-state index contributed by atoms with van der Waals surface area (Å²) in [5.74, 6) is -0.238. The molecule has 0 aliphatic heterocycles. The van der Waals surface area contributed by atoms with Gasteiger partial charge in [0.05, 0.1) is 24.7 Å². The Morgan fingerprint density at radius 1 is 1.53 bits per heavy atom. The lowest BCUT2D eigenvalue weighted by atomic mass is 10.0. The highest BCUT2D eigenvalue weighted by atomic mass is 16.5. The third kappa shape index (κ3) is 3.76. The van der Waals surface area contributed by atoms with E-state index in [9.17, 15) is 4.79 Å². The van der Waals surface area contributed by atoms with E-state index >= 15 is 0 Å². The third-order valence-electron chi connectivity index (χ3n) is 2.38. The lowest BCUT2D eigenvalue weighted by Gasteiger charge is -2.02. The van der Waals surface area contributed by atoms with Crippen molar-refractivity contribution >= 4 is 12.0 Å². The van der Waals surface area contributed by atoms with E-state index in [1.807, 2.05) is 25.1 Å². The SMILES string of the molecule is CCOC(=O)CC=Cc1cccc(C#N)c1C. The molecule has 0 aromatic heterocycles. The maximum absolute atomic E-state index is 11.1. The van der Waals surface area contributed by atoms with Crippen LogP contribution in [0.5, 0.6) is 0 Å². The first kappa shape index (κ1) is 13.0. The molecule has 88 valence electrons. The predicted octanol–water partition coefficient (Wildman–Crippen LogP) is 2.83. The second-order valence-electron chi connectivity index (χ2n) is 3.54. The standard InChI is InChI=1S/C14H15NO2/c1-3-17-14(16)9-5-7-12-6-4-8-13(10-15)11(12)2/h4-8H,3,9H2,1-2H3. The molecule has 0 aliphatic rings. The molecule has 0 aliphatic carbocycles. The molecule has 0 heterocycles. The zero-order valence-corrected chi connectivity index (χ0v) is 10.1. The van der Waals surface area contributed by atoms with Crippen LogP contribution >= 0.6 is 0 Å². The average molecular weight is 229 g/mol. The van der Waals surface area contributed by atoms with E-state index in [0.29, 0.717) is 12.2 Å². The lowest BCUT2D eigenvalue weighted by molar-refractivity contribution is -0.142. The lowest BCUT2D eigenvalue weighted by Crippen LogP contribution is -2.01. The van der Waals surface area contributed by atoms with Gasteiger partial charge in [-0.3, -0.25) is 4.79 Å². The van der Waals surface area contributed by atoms with Crippen LogP contribution in [0.3, 0.4) is 0 Å². The Balaban J connectivity index is 2.73. The Morgan fingerprint density at radius 3 is 2.94 bits per heavy atom. The minimum atomic E-state index is -0.238. The van der Waals surface area contributed by atoms with Gasteiger partial charge in [-0.05, 0) is 31.0 Å². The zero-order valence-electron chi connectivity index (χ0n) is 10.1. The summed E-state index contributed by atoms with van der Waals surface area (Å²) in [4.78, 5) is 11.1. The Morgan fingerprint density at radius 2 is 2.29 bits per heavy atom. The maximum atomic E-state index is 11.1. The number of hydrogen-bond donors (Lipinski definition) is 0. The van der Waals surface area contributed by atoms with Crippen molar-refractivity contribution in [1.82, 2.24) is 0 Å². The summed E-state index contributed by atoms with van der Waals surface area (Å²) in [6, 6.07) is 7.65. The van der Waals surface area contributed by atoms with Crippen LogP contribution in [0, 0.1) is 18.3 Å². The fourth-order valence-corrected chi connectivity index (χ4v) is 1.46. The van der Waals surface area contributed by atoms with Gasteiger partial charge in [-0.25, -0.2) is 0 Å². The molecule has 3 heteroatoms. The minimum absolute atomic E-state index is 0.238. The minimum Gasteiger partial charge on any atom is -0.466 e. The fraction of sp³-hybridized carbons (Fsp3) is 0.286. The van der Waals surface area contributed by atoms with Crippen LogP contribution in [0.25, 0.3) is 6.08 Å². The van der Waals surface area contributed by atoms with Crippen molar-refractivity contribution in [2.24, 2.45) is 0 Å². The number of hydrogen-bond acceptors (Lipinski definition) is 3. The van der Waals surface area contributed by atoms with Gasteiger partial charge in [0.1, 0.15) is 0 Å². The maximum Gasteiger partial charge on any atom is 0.309 e. The Bertz CT molecular complexity index is 470. The summed E-state index contributed by atoms with van der Waals surface area (Å²) >= 11 is 0. The van der Waals surface area contributed by atoms with Crippen molar-refractivity contribution in [3.63, 3.8) is 0 Å². The molecule has 0 spiro atoms. The Hall–Kier alpha value is -2.08. The molecule has 0 saturated heterocycles. The molecule has 1 aromatic carbocycles. The molecule has 0 unspecified atom stereocenters. The first-order valence-electron chi connectivity index (χ1n) is 5.51. The average Bonchev–Trinajstić information content (AvgIpc) is 2.32. The van der Waals surface area contributed by atoms with Gasteiger partial charge >= 0.3 is 5.97 Å². The molecule has 0 saturated carbocycles. The molecule has 0 bridgehead atoms.